The molecule has 0 aliphatic carbocycles. The summed E-state index contributed by atoms with van der Waals surface area (Å²) in [7, 11) is 0. The minimum atomic E-state index is -0.832. The van der Waals surface area contributed by atoms with Crippen molar-refractivity contribution in [2.45, 2.75) is 19.8 Å². The first-order valence-electron chi connectivity index (χ1n) is 5.09. The maximum atomic E-state index is 11.2. The van der Waals surface area contributed by atoms with Crippen LogP contribution in [-0.2, 0) is 4.79 Å². The molecule has 8 heteroatoms. The van der Waals surface area contributed by atoms with Gasteiger partial charge < -0.3 is 4.74 Å². The second-order valence-corrected chi connectivity index (χ2v) is 3.39. The van der Waals surface area contributed by atoms with E-state index in [-0.39, 0.29) is 12.2 Å². The molecule has 0 amide bonds. The van der Waals surface area contributed by atoms with Gasteiger partial charge in [0, 0.05) is 12.5 Å². The molecule has 18 heavy (non-hydrogen) atoms. The van der Waals surface area contributed by atoms with Gasteiger partial charge in [0.2, 0.25) is 5.75 Å². The topological polar surface area (TPSA) is 113 Å². The van der Waals surface area contributed by atoms with Crippen molar-refractivity contribution in [3.05, 3.63) is 38.4 Å². The average molecular weight is 254 g/mol. The summed E-state index contributed by atoms with van der Waals surface area (Å²) in [6.45, 7) is 1.76. The number of hydrogen-bond donors (Lipinski definition) is 0. The highest BCUT2D eigenvalue weighted by Gasteiger charge is 2.22. The van der Waals surface area contributed by atoms with Gasteiger partial charge in [-0.1, -0.05) is 6.92 Å². The zero-order chi connectivity index (χ0) is 13.7. The van der Waals surface area contributed by atoms with E-state index in [1.54, 1.807) is 6.92 Å². The molecule has 1 rings (SSSR count). The molecule has 0 aliphatic rings. The van der Waals surface area contributed by atoms with Crippen molar-refractivity contribution in [2.75, 3.05) is 0 Å². The fourth-order valence-electron chi connectivity index (χ4n) is 1.23. The zero-order valence-corrected chi connectivity index (χ0v) is 9.49. The molecule has 0 unspecified atom stereocenters. The Balaban J connectivity index is 3.08. The van der Waals surface area contributed by atoms with E-state index in [0.717, 1.165) is 18.2 Å². The molecule has 1 aromatic carbocycles. The molecule has 0 saturated heterocycles. The van der Waals surface area contributed by atoms with Crippen LogP contribution in [0.1, 0.15) is 19.8 Å². The molecule has 0 aliphatic heterocycles. The first-order valence-corrected chi connectivity index (χ1v) is 5.09. The van der Waals surface area contributed by atoms with E-state index in [1.807, 2.05) is 0 Å². The Kier molecular flexibility index (Phi) is 4.30. The number of nitrogens with zero attached hydrogens (tertiary/aromatic N) is 2. The summed E-state index contributed by atoms with van der Waals surface area (Å²) < 4.78 is 4.78. The van der Waals surface area contributed by atoms with Crippen molar-refractivity contribution in [3.63, 3.8) is 0 Å². The molecule has 8 nitrogen and oxygen atoms in total. The third-order valence-corrected chi connectivity index (χ3v) is 2.03. The van der Waals surface area contributed by atoms with E-state index in [0.29, 0.717) is 6.42 Å². The number of nitro groups is 2. The second kappa shape index (κ2) is 5.71. The normalized spacial score (nSPS) is 9.83. The highest BCUT2D eigenvalue weighted by atomic mass is 16.6. The van der Waals surface area contributed by atoms with Crippen LogP contribution in [0.25, 0.3) is 0 Å². The van der Waals surface area contributed by atoms with Gasteiger partial charge in [-0.15, -0.1) is 0 Å². The summed E-state index contributed by atoms with van der Waals surface area (Å²) in [6, 6.07) is 2.85. The molecule has 1 aromatic rings. The number of benzene rings is 1. The summed E-state index contributed by atoms with van der Waals surface area (Å²) >= 11 is 0. The number of carbonyl (C=O) groups is 1. The molecule has 0 fully saturated rings. The van der Waals surface area contributed by atoms with Gasteiger partial charge in [-0.3, -0.25) is 25.0 Å². The summed E-state index contributed by atoms with van der Waals surface area (Å²) in [6.07, 6.45) is 0.660. The number of rotatable bonds is 5. The van der Waals surface area contributed by atoms with Crippen molar-refractivity contribution in [3.8, 4) is 5.75 Å². The maximum absolute atomic E-state index is 11.2. The lowest BCUT2D eigenvalue weighted by Gasteiger charge is -2.03. The Hall–Kier alpha value is -2.51. The van der Waals surface area contributed by atoms with E-state index in [4.69, 9.17) is 4.74 Å². The molecule has 0 heterocycles. The van der Waals surface area contributed by atoms with E-state index in [1.165, 1.54) is 0 Å². The Morgan fingerprint density at radius 1 is 1.28 bits per heavy atom. The van der Waals surface area contributed by atoms with Crippen molar-refractivity contribution in [2.24, 2.45) is 0 Å². The SMILES string of the molecule is CCCC(=O)Oc1ccc([N+](=O)[O-])cc1[N+](=O)[O-]. The van der Waals surface area contributed by atoms with Crippen LogP contribution in [0.3, 0.4) is 0 Å². The van der Waals surface area contributed by atoms with Crippen LogP contribution in [0.2, 0.25) is 0 Å². The van der Waals surface area contributed by atoms with Crippen molar-refractivity contribution in [1.82, 2.24) is 0 Å². The first kappa shape index (κ1) is 13.6. The van der Waals surface area contributed by atoms with Crippen LogP contribution in [0, 0.1) is 20.2 Å². The van der Waals surface area contributed by atoms with E-state index in [9.17, 15) is 25.0 Å². The molecule has 0 N–H and O–H groups in total. The monoisotopic (exact) mass is 254 g/mol. The summed E-state index contributed by atoms with van der Waals surface area (Å²) in [5, 5.41) is 21.2. The lowest BCUT2D eigenvalue weighted by atomic mass is 10.2. The number of carbonyl (C=O) groups excluding carboxylic acids is 1. The quantitative estimate of drug-likeness (QED) is 0.344. The van der Waals surface area contributed by atoms with Gasteiger partial charge in [0.05, 0.1) is 15.9 Å². The Labute approximate surface area is 101 Å². The smallest absolute Gasteiger partial charge is 0.318 e. The first-order chi connectivity index (χ1) is 8.45. The fourth-order valence-corrected chi connectivity index (χ4v) is 1.23. The highest BCUT2D eigenvalue weighted by Crippen LogP contribution is 2.31. The molecule has 96 valence electrons. The van der Waals surface area contributed by atoms with Gasteiger partial charge in [-0.2, -0.15) is 0 Å². The third-order valence-electron chi connectivity index (χ3n) is 2.03. The molecule has 0 atom stereocenters. The van der Waals surface area contributed by atoms with Crippen molar-refractivity contribution < 1.29 is 19.4 Å². The van der Waals surface area contributed by atoms with E-state index in [2.05, 4.69) is 0 Å². The Bertz CT molecular complexity index is 499. The van der Waals surface area contributed by atoms with Gasteiger partial charge in [-0.25, -0.2) is 0 Å². The highest BCUT2D eigenvalue weighted by molar-refractivity contribution is 5.74. The minimum absolute atomic E-state index is 0.119. The largest absolute Gasteiger partial charge is 0.419 e. The lowest BCUT2D eigenvalue weighted by molar-refractivity contribution is -0.394. The second-order valence-electron chi connectivity index (χ2n) is 3.39. The fraction of sp³-hybridized carbons (Fsp3) is 0.300. The summed E-state index contributed by atoms with van der Waals surface area (Å²) in [4.78, 5) is 30.9. The molecular formula is C10H10N2O6. The Morgan fingerprint density at radius 2 is 1.94 bits per heavy atom. The lowest BCUT2D eigenvalue weighted by Crippen LogP contribution is -2.08. The van der Waals surface area contributed by atoms with Gasteiger partial charge in [0.25, 0.3) is 5.69 Å². The average Bonchev–Trinajstić information content (AvgIpc) is 2.29. The van der Waals surface area contributed by atoms with Gasteiger partial charge in [0.15, 0.2) is 0 Å². The molecule has 0 aromatic heterocycles. The molecular weight excluding hydrogens is 244 g/mol. The molecule has 0 bridgehead atoms. The standard InChI is InChI=1S/C10H10N2O6/c1-2-3-10(13)18-9-5-4-7(11(14)15)6-8(9)12(16)17/h4-6H,2-3H2,1H3. The summed E-state index contributed by atoms with van der Waals surface area (Å²) in [5.41, 5.74) is -1.04. The number of hydrogen-bond acceptors (Lipinski definition) is 6. The minimum Gasteiger partial charge on any atom is -0.419 e. The number of non-ortho nitro benzene ring substituents is 1. The maximum Gasteiger partial charge on any atom is 0.318 e. The van der Waals surface area contributed by atoms with E-state index >= 15 is 0 Å². The van der Waals surface area contributed by atoms with Crippen LogP contribution in [0.15, 0.2) is 18.2 Å². The van der Waals surface area contributed by atoms with E-state index < -0.39 is 27.2 Å². The van der Waals surface area contributed by atoms with Crippen molar-refractivity contribution in [1.29, 1.82) is 0 Å². The number of ether oxygens (including phenoxy) is 1. The van der Waals surface area contributed by atoms with Crippen LogP contribution >= 0.6 is 0 Å². The zero-order valence-electron chi connectivity index (χ0n) is 9.49. The predicted molar refractivity (Wildman–Crippen MR) is 60.3 cm³/mol. The van der Waals surface area contributed by atoms with Crippen LogP contribution in [0.5, 0.6) is 5.75 Å². The Morgan fingerprint density at radius 3 is 2.44 bits per heavy atom. The molecule has 0 saturated carbocycles. The number of esters is 1. The van der Waals surface area contributed by atoms with Gasteiger partial charge in [0.1, 0.15) is 0 Å². The van der Waals surface area contributed by atoms with Crippen molar-refractivity contribution >= 4 is 17.3 Å². The van der Waals surface area contributed by atoms with Crippen LogP contribution in [-0.4, -0.2) is 15.8 Å². The van der Waals surface area contributed by atoms with Crippen LogP contribution in [0.4, 0.5) is 11.4 Å². The van der Waals surface area contributed by atoms with Crippen LogP contribution < -0.4 is 4.74 Å². The third kappa shape index (κ3) is 3.24. The number of nitro benzene ring substituents is 2. The predicted octanol–water partition coefficient (Wildman–Crippen LogP) is 2.21. The molecule has 0 spiro atoms. The van der Waals surface area contributed by atoms with Gasteiger partial charge >= 0.3 is 11.7 Å². The molecule has 0 radical (unpaired) electrons. The summed E-state index contributed by atoms with van der Waals surface area (Å²) in [5.74, 6) is -0.904. The van der Waals surface area contributed by atoms with Gasteiger partial charge in [-0.05, 0) is 12.5 Å².